The van der Waals surface area contributed by atoms with E-state index in [1.807, 2.05) is 18.3 Å². The van der Waals surface area contributed by atoms with Crippen LogP contribution in [0.25, 0.3) is 11.3 Å². The molecular weight excluding hydrogens is 318 g/mol. The summed E-state index contributed by atoms with van der Waals surface area (Å²) in [5.74, 6) is 0.963. The topological polar surface area (TPSA) is 49.9 Å². The Morgan fingerprint density at radius 2 is 2.40 bits per heavy atom. The summed E-state index contributed by atoms with van der Waals surface area (Å²) in [6.07, 6.45) is 4.20. The summed E-state index contributed by atoms with van der Waals surface area (Å²) >= 11 is 3.49. The molecule has 2 N–H and O–H groups in total. The fraction of sp³-hybridized carbons (Fsp3) is 0.400. The molecule has 0 saturated carbocycles. The summed E-state index contributed by atoms with van der Waals surface area (Å²) in [7, 11) is 0. The molecule has 1 aromatic carbocycles. The molecule has 3 rings (SSSR count). The van der Waals surface area contributed by atoms with Crippen LogP contribution in [0.4, 0.5) is 0 Å². The van der Waals surface area contributed by atoms with Crippen LogP contribution in [-0.2, 0) is 11.3 Å². The molecule has 1 atom stereocenters. The van der Waals surface area contributed by atoms with Crippen molar-refractivity contribution in [1.82, 2.24) is 15.3 Å². The lowest BCUT2D eigenvalue weighted by atomic mass is 10.1. The predicted molar refractivity (Wildman–Crippen MR) is 82.4 cm³/mol. The summed E-state index contributed by atoms with van der Waals surface area (Å²) in [5, 5.41) is 3.49. The normalized spacial score (nSPS) is 19.1. The van der Waals surface area contributed by atoms with Gasteiger partial charge in [-0.05, 0) is 25.0 Å². The van der Waals surface area contributed by atoms with Gasteiger partial charge in [-0.3, -0.25) is 0 Å². The summed E-state index contributed by atoms with van der Waals surface area (Å²) in [6.45, 7) is 2.45. The summed E-state index contributed by atoms with van der Waals surface area (Å²) in [5.41, 5.74) is 2.18. The Bertz CT molecular complexity index is 564. The number of ether oxygens (including phenoxy) is 1. The van der Waals surface area contributed by atoms with Crippen molar-refractivity contribution in [2.45, 2.75) is 25.4 Å². The number of hydrogen-bond donors (Lipinski definition) is 2. The number of halogens is 1. The molecule has 0 amide bonds. The van der Waals surface area contributed by atoms with Crippen LogP contribution < -0.4 is 5.32 Å². The maximum Gasteiger partial charge on any atom is 0.120 e. The van der Waals surface area contributed by atoms with Crippen molar-refractivity contribution in [1.29, 1.82) is 0 Å². The molecule has 20 heavy (non-hydrogen) atoms. The maximum atomic E-state index is 5.46. The molecule has 1 aliphatic heterocycles. The van der Waals surface area contributed by atoms with Crippen molar-refractivity contribution < 1.29 is 4.74 Å². The maximum absolute atomic E-state index is 5.46. The van der Waals surface area contributed by atoms with Gasteiger partial charge in [-0.2, -0.15) is 0 Å². The van der Waals surface area contributed by atoms with Gasteiger partial charge in [0.05, 0.1) is 25.0 Å². The highest BCUT2D eigenvalue weighted by Gasteiger charge is 2.13. The first kappa shape index (κ1) is 13.8. The van der Waals surface area contributed by atoms with E-state index in [2.05, 4.69) is 43.3 Å². The summed E-state index contributed by atoms with van der Waals surface area (Å²) < 4.78 is 6.53. The molecule has 5 heteroatoms. The van der Waals surface area contributed by atoms with E-state index in [0.29, 0.717) is 6.04 Å². The molecule has 1 aliphatic rings. The highest BCUT2D eigenvalue weighted by Crippen LogP contribution is 2.21. The standard InChI is InChI=1S/C15H18BrN3O/c16-12-4-1-3-11(7-12)14-8-18-15(19-14)9-17-13-5-2-6-20-10-13/h1,3-4,7-8,13,17H,2,5-6,9-10H2,(H,18,19). The van der Waals surface area contributed by atoms with Crippen LogP contribution in [0.1, 0.15) is 18.7 Å². The average Bonchev–Trinajstić information content (AvgIpc) is 2.95. The van der Waals surface area contributed by atoms with Crippen molar-refractivity contribution >= 4 is 15.9 Å². The number of hydrogen-bond acceptors (Lipinski definition) is 3. The lowest BCUT2D eigenvalue weighted by Crippen LogP contribution is -2.36. The fourth-order valence-electron chi connectivity index (χ4n) is 2.40. The van der Waals surface area contributed by atoms with Crippen molar-refractivity contribution in [2.75, 3.05) is 13.2 Å². The minimum atomic E-state index is 0.447. The highest BCUT2D eigenvalue weighted by atomic mass is 79.9. The van der Waals surface area contributed by atoms with Gasteiger partial charge >= 0.3 is 0 Å². The zero-order valence-electron chi connectivity index (χ0n) is 11.2. The van der Waals surface area contributed by atoms with E-state index >= 15 is 0 Å². The van der Waals surface area contributed by atoms with Gasteiger partial charge in [0.1, 0.15) is 5.82 Å². The molecule has 106 valence electrons. The van der Waals surface area contributed by atoms with E-state index in [9.17, 15) is 0 Å². The molecule has 2 aromatic rings. The molecular formula is C15H18BrN3O. The third-order valence-electron chi connectivity index (χ3n) is 3.48. The minimum Gasteiger partial charge on any atom is -0.380 e. The Kier molecular flexibility index (Phi) is 4.50. The monoisotopic (exact) mass is 335 g/mol. The van der Waals surface area contributed by atoms with Crippen LogP contribution in [0, 0.1) is 0 Å². The highest BCUT2D eigenvalue weighted by molar-refractivity contribution is 9.10. The molecule has 1 saturated heterocycles. The fourth-order valence-corrected chi connectivity index (χ4v) is 2.80. The first-order valence-electron chi connectivity index (χ1n) is 6.92. The lowest BCUT2D eigenvalue weighted by molar-refractivity contribution is 0.0697. The third kappa shape index (κ3) is 3.48. The number of rotatable bonds is 4. The van der Waals surface area contributed by atoms with E-state index in [-0.39, 0.29) is 0 Å². The number of H-pyrrole nitrogens is 1. The number of aromatic nitrogens is 2. The van der Waals surface area contributed by atoms with Crippen LogP contribution in [0.2, 0.25) is 0 Å². The molecule has 0 radical (unpaired) electrons. The van der Waals surface area contributed by atoms with Gasteiger partial charge in [-0.1, -0.05) is 28.1 Å². The Hall–Kier alpha value is -1.17. The Labute approximate surface area is 127 Å². The number of nitrogens with zero attached hydrogens (tertiary/aromatic N) is 1. The summed E-state index contributed by atoms with van der Waals surface area (Å²) in [4.78, 5) is 7.79. The predicted octanol–water partition coefficient (Wildman–Crippen LogP) is 3.11. The zero-order valence-corrected chi connectivity index (χ0v) is 12.8. The van der Waals surface area contributed by atoms with Crippen LogP contribution in [0.15, 0.2) is 34.9 Å². The van der Waals surface area contributed by atoms with Gasteiger partial charge in [-0.25, -0.2) is 4.98 Å². The van der Waals surface area contributed by atoms with Crippen molar-refractivity contribution in [3.63, 3.8) is 0 Å². The number of benzene rings is 1. The van der Waals surface area contributed by atoms with E-state index in [0.717, 1.165) is 47.7 Å². The SMILES string of the molecule is Brc1cccc(-c2cnc(CNC3CCCOC3)[nH]2)c1. The molecule has 1 aromatic heterocycles. The van der Waals surface area contributed by atoms with E-state index < -0.39 is 0 Å². The largest absolute Gasteiger partial charge is 0.380 e. The second kappa shape index (κ2) is 6.52. The van der Waals surface area contributed by atoms with Gasteiger partial charge in [0, 0.05) is 22.7 Å². The second-order valence-electron chi connectivity index (χ2n) is 5.05. The first-order valence-corrected chi connectivity index (χ1v) is 7.71. The van der Waals surface area contributed by atoms with Crippen molar-refractivity contribution in [3.8, 4) is 11.3 Å². The quantitative estimate of drug-likeness (QED) is 0.902. The molecule has 0 spiro atoms. The molecule has 0 aliphatic carbocycles. The first-order chi connectivity index (χ1) is 9.81. The zero-order chi connectivity index (χ0) is 13.8. The molecule has 4 nitrogen and oxygen atoms in total. The van der Waals surface area contributed by atoms with Gasteiger partial charge in [0.25, 0.3) is 0 Å². The van der Waals surface area contributed by atoms with E-state index in [1.165, 1.54) is 6.42 Å². The second-order valence-corrected chi connectivity index (χ2v) is 5.96. The Morgan fingerprint density at radius 1 is 1.45 bits per heavy atom. The smallest absolute Gasteiger partial charge is 0.120 e. The summed E-state index contributed by atoms with van der Waals surface area (Å²) in [6, 6.07) is 8.65. The molecule has 1 fully saturated rings. The van der Waals surface area contributed by atoms with E-state index in [1.54, 1.807) is 0 Å². The lowest BCUT2D eigenvalue weighted by Gasteiger charge is -2.22. The van der Waals surface area contributed by atoms with Crippen LogP contribution >= 0.6 is 15.9 Å². The van der Waals surface area contributed by atoms with Crippen LogP contribution in [-0.4, -0.2) is 29.2 Å². The van der Waals surface area contributed by atoms with Gasteiger partial charge in [0.15, 0.2) is 0 Å². The van der Waals surface area contributed by atoms with Crippen molar-refractivity contribution in [3.05, 3.63) is 40.8 Å². The number of nitrogens with one attached hydrogen (secondary N) is 2. The molecule has 0 bridgehead atoms. The van der Waals surface area contributed by atoms with Gasteiger partial charge in [0.2, 0.25) is 0 Å². The van der Waals surface area contributed by atoms with E-state index in [4.69, 9.17) is 4.74 Å². The van der Waals surface area contributed by atoms with Gasteiger partial charge in [-0.15, -0.1) is 0 Å². The minimum absolute atomic E-state index is 0.447. The molecule has 1 unspecified atom stereocenters. The average molecular weight is 336 g/mol. The molecule has 2 heterocycles. The van der Waals surface area contributed by atoms with Crippen molar-refractivity contribution in [2.24, 2.45) is 0 Å². The van der Waals surface area contributed by atoms with Gasteiger partial charge < -0.3 is 15.0 Å². The number of imidazole rings is 1. The van der Waals surface area contributed by atoms with Crippen LogP contribution in [0.5, 0.6) is 0 Å². The Balaban J connectivity index is 1.61. The third-order valence-corrected chi connectivity index (χ3v) is 3.98. The Morgan fingerprint density at radius 3 is 3.20 bits per heavy atom. The number of aromatic amines is 1. The van der Waals surface area contributed by atoms with Crippen LogP contribution in [0.3, 0.4) is 0 Å².